The molecule has 0 unspecified atom stereocenters. The zero-order chi connectivity index (χ0) is 15.3. The number of benzene rings is 1. The van der Waals surface area contributed by atoms with Gasteiger partial charge in [-0.2, -0.15) is 0 Å². The largest absolute Gasteiger partial charge is 0.493 e. The Balaban J connectivity index is 2.99. The molecule has 1 aromatic rings. The van der Waals surface area contributed by atoms with E-state index in [1.807, 2.05) is 0 Å². The molecule has 0 aromatic heterocycles. The van der Waals surface area contributed by atoms with Gasteiger partial charge in [0.1, 0.15) is 0 Å². The SMILES string of the molecule is COc1cc(CN)c([N+](=O)[O-])cc1OCCC(C)(C)C. The van der Waals surface area contributed by atoms with Crippen molar-refractivity contribution in [3.05, 3.63) is 27.8 Å². The van der Waals surface area contributed by atoms with E-state index in [0.29, 0.717) is 23.7 Å². The highest BCUT2D eigenvalue weighted by molar-refractivity contribution is 5.54. The predicted octanol–water partition coefficient (Wildman–Crippen LogP) is 2.88. The van der Waals surface area contributed by atoms with Crippen LogP contribution in [0.3, 0.4) is 0 Å². The van der Waals surface area contributed by atoms with E-state index in [2.05, 4.69) is 20.8 Å². The topological polar surface area (TPSA) is 87.6 Å². The molecule has 0 aliphatic carbocycles. The van der Waals surface area contributed by atoms with Crippen LogP contribution in [0.15, 0.2) is 12.1 Å². The van der Waals surface area contributed by atoms with E-state index in [4.69, 9.17) is 15.2 Å². The van der Waals surface area contributed by atoms with E-state index in [1.165, 1.54) is 13.2 Å². The molecular formula is C14H22N2O4. The van der Waals surface area contributed by atoms with Crippen LogP contribution in [0.4, 0.5) is 5.69 Å². The quantitative estimate of drug-likeness (QED) is 0.640. The number of hydrogen-bond donors (Lipinski definition) is 1. The van der Waals surface area contributed by atoms with Gasteiger partial charge in [-0.3, -0.25) is 10.1 Å². The first-order valence-electron chi connectivity index (χ1n) is 6.46. The lowest BCUT2D eigenvalue weighted by Gasteiger charge is -2.19. The van der Waals surface area contributed by atoms with Gasteiger partial charge in [-0.25, -0.2) is 0 Å². The third kappa shape index (κ3) is 4.38. The molecule has 0 atom stereocenters. The Morgan fingerprint density at radius 2 is 1.95 bits per heavy atom. The molecule has 6 nitrogen and oxygen atoms in total. The molecule has 0 saturated heterocycles. The van der Waals surface area contributed by atoms with Crippen LogP contribution >= 0.6 is 0 Å². The normalized spacial score (nSPS) is 11.2. The molecule has 0 aliphatic rings. The van der Waals surface area contributed by atoms with Gasteiger partial charge < -0.3 is 15.2 Å². The van der Waals surface area contributed by atoms with Gasteiger partial charge in [-0.15, -0.1) is 0 Å². The first kappa shape index (κ1) is 16.2. The maximum absolute atomic E-state index is 11.0. The summed E-state index contributed by atoms with van der Waals surface area (Å²) in [5.74, 6) is 0.839. The minimum absolute atomic E-state index is 0.0425. The fraction of sp³-hybridized carbons (Fsp3) is 0.571. The number of nitrogens with zero attached hydrogens (tertiary/aromatic N) is 1. The summed E-state index contributed by atoms with van der Waals surface area (Å²) in [5.41, 5.74) is 6.04. The lowest BCUT2D eigenvalue weighted by Crippen LogP contribution is -2.12. The molecule has 0 amide bonds. The van der Waals surface area contributed by atoms with Gasteiger partial charge in [0.15, 0.2) is 11.5 Å². The van der Waals surface area contributed by atoms with Crippen LogP contribution in [0.25, 0.3) is 0 Å². The van der Waals surface area contributed by atoms with Gasteiger partial charge in [0, 0.05) is 12.1 Å². The second-order valence-corrected chi connectivity index (χ2v) is 5.75. The van der Waals surface area contributed by atoms with Crippen molar-refractivity contribution in [3.63, 3.8) is 0 Å². The average Bonchev–Trinajstić information content (AvgIpc) is 2.36. The maximum atomic E-state index is 11.0. The molecule has 0 spiro atoms. The first-order valence-corrected chi connectivity index (χ1v) is 6.46. The monoisotopic (exact) mass is 282 g/mol. The van der Waals surface area contributed by atoms with E-state index in [1.54, 1.807) is 6.07 Å². The van der Waals surface area contributed by atoms with Crippen molar-refractivity contribution in [2.24, 2.45) is 11.1 Å². The van der Waals surface area contributed by atoms with Crippen LogP contribution in [-0.2, 0) is 6.54 Å². The number of nitrogens with two attached hydrogens (primary N) is 1. The van der Waals surface area contributed by atoms with Gasteiger partial charge in [-0.1, -0.05) is 20.8 Å². The summed E-state index contributed by atoms with van der Waals surface area (Å²) < 4.78 is 10.8. The van der Waals surface area contributed by atoms with Gasteiger partial charge in [0.25, 0.3) is 5.69 Å². The first-order chi connectivity index (χ1) is 9.28. The zero-order valence-corrected chi connectivity index (χ0v) is 12.4. The Morgan fingerprint density at radius 1 is 1.30 bits per heavy atom. The highest BCUT2D eigenvalue weighted by Gasteiger charge is 2.19. The number of methoxy groups -OCH3 is 1. The van der Waals surface area contributed by atoms with Crippen LogP contribution in [0.1, 0.15) is 32.8 Å². The molecule has 0 saturated carbocycles. The average molecular weight is 282 g/mol. The fourth-order valence-electron chi connectivity index (χ4n) is 1.66. The number of ether oxygens (including phenoxy) is 2. The Labute approximate surface area is 119 Å². The number of nitro groups is 1. The summed E-state index contributed by atoms with van der Waals surface area (Å²) in [6, 6.07) is 2.94. The number of rotatable bonds is 6. The van der Waals surface area contributed by atoms with Crippen molar-refractivity contribution in [1.82, 2.24) is 0 Å². The minimum atomic E-state index is -0.460. The molecule has 1 rings (SSSR count). The van der Waals surface area contributed by atoms with E-state index in [9.17, 15) is 10.1 Å². The molecule has 2 N–H and O–H groups in total. The van der Waals surface area contributed by atoms with Crippen molar-refractivity contribution in [1.29, 1.82) is 0 Å². The van der Waals surface area contributed by atoms with Crippen molar-refractivity contribution >= 4 is 5.69 Å². The molecule has 0 aliphatic heterocycles. The van der Waals surface area contributed by atoms with E-state index < -0.39 is 4.92 Å². The molecular weight excluding hydrogens is 260 g/mol. The summed E-state index contributed by atoms with van der Waals surface area (Å²) in [5, 5.41) is 11.0. The smallest absolute Gasteiger partial charge is 0.277 e. The van der Waals surface area contributed by atoms with E-state index in [-0.39, 0.29) is 17.6 Å². The third-order valence-electron chi connectivity index (χ3n) is 2.89. The van der Waals surface area contributed by atoms with Gasteiger partial charge in [0.05, 0.1) is 24.7 Å². The fourth-order valence-corrected chi connectivity index (χ4v) is 1.66. The molecule has 112 valence electrons. The zero-order valence-electron chi connectivity index (χ0n) is 12.4. The number of hydrogen-bond acceptors (Lipinski definition) is 5. The van der Waals surface area contributed by atoms with Crippen LogP contribution < -0.4 is 15.2 Å². The summed E-state index contributed by atoms with van der Waals surface area (Å²) in [6.07, 6.45) is 0.836. The summed E-state index contributed by atoms with van der Waals surface area (Å²) >= 11 is 0. The Bertz CT molecular complexity index is 481. The second kappa shape index (κ2) is 6.56. The molecule has 0 fully saturated rings. The predicted molar refractivity (Wildman–Crippen MR) is 77.1 cm³/mol. The van der Waals surface area contributed by atoms with E-state index in [0.717, 1.165) is 6.42 Å². The molecule has 1 aromatic carbocycles. The highest BCUT2D eigenvalue weighted by Crippen LogP contribution is 2.35. The summed E-state index contributed by atoms with van der Waals surface area (Å²) in [4.78, 5) is 10.6. The van der Waals surface area contributed by atoms with Gasteiger partial charge in [0.2, 0.25) is 0 Å². The van der Waals surface area contributed by atoms with Crippen LogP contribution in [0.2, 0.25) is 0 Å². The summed E-state index contributed by atoms with van der Waals surface area (Å²) in [6.45, 7) is 6.86. The number of nitro benzene ring substituents is 1. The molecule has 0 radical (unpaired) electrons. The Kier molecular flexibility index (Phi) is 5.33. The molecule has 0 heterocycles. The Morgan fingerprint density at radius 3 is 2.40 bits per heavy atom. The highest BCUT2D eigenvalue weighted by atomic mass is 16.6. The molecule has 20 heavy (non-hydrogen) atoms. The third-order valence-corrected chi connectivity index (χ3v) is 2.89. The van der Waals surface area contributed by atoms with Crippen molar-refractivity contribution < 1.29 is 14.4 Å². The van der Waals surface area contributed by atoms with Crippen LogP contribution in [0, 0.1) is 15.5 Å². The molecule has 6 heteroatoms. The lowest BCUT2D eigenvalue weighted by atomic mass is 9.93. The molecule has 0 bridgehead atoms. The van der Waals surface area contributed by atoms with Crippen LogP contribution in [0.5, 0.6) is 11.5 Å². The van der Waals surface area contributed by atoms with Gasteiger partial charge >= 0.3 is 0 Å². The van der Waals surface area contributed by atoms with E-state index >= 15 is 0 Å². The van der Waals surface area contributed by atoms with Crippen molar-refractivity contribution in [2.75, 3.05) is 13.7 Å². The second-order valence-electron chi connectivity index (χ2n) is 5.75. The van der Waals surface area contributed by atoms with Gasteiger partial charge in [-0.05, 0) is 17.9 Å². The Hall–Kier alpha value is -1.82. The van der Waals surface area contributed by atoms with Crippen molar-refractivity contribution in [2.45, 2.75) is 33.7 Å². The minimum Gasteiger partial charge on any atom is -0.493 e. The summed E-state index contributed by atoms with van der Waals surface area (Å²) in [7, 11) is 1.50. The standard InChI is InChI=1S/C14H22N2O4/c1-14(2,3)5-6-20-13-8-11(16(17)18)10(9-15)7-12(13)19-4/h7-8H,5-6,9,15H2,1-4H3. The lowest BCUT2D eigenvalue weighted by molar-refractivity contribution is -0.385. The van der Waals surface area contributed by atoms with Crippen molar-refractivity contribution in [3.8, 4) is 11.5 Å². The van der Waals surface area contributed by atoms with Crippen LogP contribution in [-0.4, -0.2) is 18.6 Å². The maximum Gasteiger partial charge on any atom is 0.277 e.